The van der Waals surface area contributed by atoms with Gasteiger partial charge < -0.3 is 9.57 Å². The third kappa shape index (κ3) is 4.79. The van der Waals surface area contributed by atoms with Gasteiger partial charge in [0.25, 0.3) is 5.91 Å². The molecule has 0 bridgehead atoms. The van der Waals surface area contributed by atoms with E-state index in [9.17, 15) is 18.0 Å². The predicted molar refractivity (Wildman–Crippen MR) is 81.8 cm³/mol. The van der Waals surface area contributed by atoms with E-state index in [0.717, 1.165) is 12.1 Å². The van der Waals surface area contributed by atoms with Gasteiger partial charge in [-0.15, -0.1) is 0 Å². The summed E-state index contributed by atoms with van der Waals surface area (Å²) in [5, 5.41) is -0.276. The zero-order chi connectivity index (χ0) is 17.7. The van der Waals surface area contributed by atoms with E-state index >= 15 is 0 Å². The van der Waals surface area contributed by atoms with Crippen LogP contribution in [0.5, 0.6) is 11.5 Å². The number of hydroxylamine groups is 1. The van der Waals surface area contributed by atoms with Crippen LogP contribution < -0.4 is 15.1 Å². The molecule has 24 heavy (non-hydrogen) atoms. The van der Waals surface area contributed by atoms with Gasteiger partial charge in [-0.2, -0.15) is 18.7 Å². The van der Waals surface area contributed by atoms with E-state index in [1.54, 1.807) is 30.3 Å². The van der Waals surface area contributed by atoms with Crippen LogP contribution in [0.1, 0.15) is 12.5 Å². The highest BCUT2D eigenvalue weighted by Crippen LogP contribution is 2.34. The maximum atomic E-state index is 12.5. The van der Waals surface area contributed by atoms with Crippen molar-refractivity contribution in [3.8, 4) is 11.5 Å². The minimum Gasteiger partial charge on any atom is -0.481 e. The van der Waals surface area contributed by atoms with Crippen LogP contribution >= 0.6 is 11.6 Å². The molecule has 128 valence electrons. The van der Waals surface area contributed by atoms with Gasteiger partial charge in [-0.1, -0.05) is 29.8 Å². The highest BCUT2D eigenvalue weighted by Gasteiger charge is 2.31. The Hall–Kier alpha value is -2.41. The van der Waals surface area contributed by atoms with Gasteiger partial charge in [0.2, 0.25) is 0 Å². The topological polar surface area (TPSA) is 47.6 Å². The molecule has 0 aromatic heterocycles. The molecule has 0 aliphatic carbocycles. The first kappa shape index (κ1) is 17.9. The molecule has 1 amide bonds. The average molecular weight is 360 g/mol. The fourth-order valence-electron chi connectivity index (χ4n) is 1.70. The molecule has 1 unspecified atom stereocenters. The van der Waals surface area contributed by atoms with Crippen molar-refractivity contribution in [3.05, 3.63) is 59.1 Å². The van der Waals surface area contributed by atoms with E-state index in [-0.39, 0.29) is 10.8 Å². The molecule has 0 radical (unpaired) electrons. The number of carbonyl (C=O) groups is 1. The summed E-state index contributed by atoms with van der Waals surface area (Å²) in [5.41, 5.74) is 1.18. The molecule has 8 heteroatoms. The Kier molecular flexibility index (Phi) is 5.56. The largest absolute Gasteiger partial charge is 0.481 e. The predicted octanol–water partition coefficient (Wildman–Crippen LogP) is 4.24. The van der Waals surface area contributed by atoms with Crippen LogP contribution in [0.2, 0.25) is 5.02 Å². The number of rotatable bonds is 5. The highest BCUT2D eigenvalue weighted by molar-refractivity contribution is 6.32. The van der Waals surface area contributed by atoms with E-state index in [4.69, 9.17) is 21.2 Å². The number of hydrogen-bond acceptors (Lipinski definition) is 3. The maximum Gasteiger partial charge on any atom is 0.416 e. The second-order valence-corrected chi connectivity index (χ2v) is 5.19. The van der Waals surface area contributed by atoms with Crippen molar-refractivity contribution in [2.45, 2.75) is 19.2 Å². The molecular weight excluding hydrogens is 347 g/mol. The number of amides is 1. The number of nitrogens with one attached hydrogen (secondary N) is 1. The molecule has 0 fully saturated rings. The monoisotopic (exact) mass is 359 g/mol. The minimum absolute atomic E-state index is 0.107. The van der Waals surface area contributed by atoms with E-state index in [1.165, 1.54) is 6.92 Å². The number of benzene rings is 2. The minimum atomic E-state index is -4.51. The van der Waals surface area contributed by atoms with Gasteiger partial charge in [0.05, 0.1) is 10.6 Å². The lowest BCUT2D eigenvalue weighted by atomic mass is 10.2. The Morgan fingerprint density at radius 1 is 1.17 bits per heavy atom. The second kappa shape index (κ2) is 7.44. The second-order valence-electron chi connectivity index (χ2n) is 4.78. The fraction of sp³-hybridized carbons (Fsp3) is 0.188. The molecule has 0 aliphatic heterocycles. The van der Waals surface area contributed by atoms with E-state index < -0.39 is 23.8 Å². The van der Waals surface area contributed by atoms with Gasteiger partial charge in [-0.3, -0.25) is 4.79 Å². The van der Waals surface area contributed by atoms with Crippen LogP contribution in [0.4, 0.5) is 13.2 Å². The van der Waals surface area contributed by atoms with Crippen LogP contribution in [0.15, 0.2) is 48.5 Å². The van der Waals surface area contributed by atoms with Crippen molar-refractivity contribution < 1.29 is 27.5 Å². The van der Waals surface area contributed by atoms with Crippen LogP contribution in [0.25, 0.3) is 0 Å². The number of carbonyl (C=O) groups excluding carboxylic acids is 1. The van der Waals surface area contributed by atoms with Crippen LogP contribution in [-0.4, -0.2) is 12.0 Å². The van der Waals surface area contributed by atoms with E-state index in [2.05, 4.69) is 5.48 Å². The first-order chi connectivity index (χ1) is 11.3. The molecule has 4 nitrogen and oxygen atoms in total. The maximum absolute atomic E-state index is 12.5. The summed E-state index contributed by atoms with van der Waals surface area (Å²) in [6.45, 7) is 1.50. The molecule has 0 spiro atoms. The molecule has 0 saturated carbocycles. The standard InChI is InChI=1S/C16H13ClF3NO3/c1-10(23-12-5-3-2-4-6-12)15(22)21-24-14-8-7-11(9-13(14)17)16(18,19)20/h2-10H,1H3,(H,21,22). The number of alkyl halides is 3. The summed E-state index contributed by atoms with van der Waals surface area (Å²) in [4.78, 5) is 16.8. The molecule has 1 atom stereocenters. The summed E-state index contributed by atoms with van der Waals surface area (Å²) in [6.07, 6.45) is -5.38. The molecule has 0 heterocycles. The number of hydrogen-bond donors (Lipinski definition) is 1. The molecule has 0 aliphatic rings. The Bertz CT molecular complexity index is 707. The van der Waals surface area contributed by atoms with E-state index in [1.807, 2.05) is 0 Å². The average Bonchev–Trinajstić information content (AvgIpc) is 2.53. The zero-order valence-electron chi connectivity index (χ0n) is 12.4. The summed E-state index contributed by atoms with van der Waals surface area (Å²) in [7, 11) is 0. The Balaban J connectivity index is 1.94. The Morgan fingerprint density at radius 2 is 1.83 bits per heavy atom. The van der Waals surface area contributed by atoms with Crippen molar-refractivity contribution in [2.75, 3.05) is 0 Å². The number of ether oxygens (including phenoxy) is 1. The molecule has 2 aromatic rings. The van der Waals surface area contributed by atoms with Crippen LogP contribution in [-0.2, 0) is 11.0 Å². The quantitative estimate of drug-likeness (QED) is 0.812. The van der Waals surface area contributed by atoms with Crippen LogP contribution in [0, 0.1) is 0 Å². The zero-order valence-corrected chi connectivity index (χ0v) is 13.2. The molecule has 2 aromatic carbocycles. The first-order valence-electron chi connectivity index (χ1n) is 6.82. The molecule has 0 saturated heterocycles. The Labute approximate surface area is 141 Å². The summed E-state index contributed by atoms with van der Waals surface area (Å²) < 4.78 is 43.0. The fourth-order valence-corrected chi connectivity index (χ4v) is 1.92. The lowest BCUT2D eigenvalue weighted by Crippen LogP contribution is -2.38. The molecule has 1 N–H and O–H groups in total. The van der Waals surface area contributed by atoms with E-state index in [0.29, 0.717) is 11.8 Å². The number of para-hydroxylation sites is 1. The lowest BCUT2D eigenvalue weighted by Gasteiger charge is -2.15. The highest BCUT2D eigenvalue weighted by atomic mass is 35.5. The van der Waals surface area contributed by atoms with Gasteiger partial charge in [-0.05, 0) is 37.3 Å². The van der Waals surface area contributed by atoms with Gasteiger partial charge in [-0.25, -0.2) is 0 Å². The van der Waals surface area contributed by atoms with Crippen molar-refractivity contribution in [1.29, 1.82) is 0 Å². The smallest absolute Gasteiger partial charge is 0.416 e. The van der Waals surface area contributed by atoms with Crippen LogP contribution in [0.3, 0.4) is 0 Å². The summed E-state index contributed by atoms with van der Waals surface area (Å²) >= 11 is 5.72. The normalized spacial score (nSPS) is 12.4. The van der Waals surface area contributed by atoms with Gasteiger partial charge in [0, 0.05) is 0 Å². The third-order valence-electron chi connectivity index (χ3n) is 2.95. The van der Waals surface area contributed by atoms with Crippen molar-refractivity contribution >= 4 is 17.5 Å². The van der Waals surface area contributed by atoms with Crippen molar-refractivity contribution in [1.82, 2.24) is 5.48 Å². The molecule has 2 rings (SSSR count). The SMILES string of the molecule is CC(Oc1ccccc1)C(=O)NOc1ccc(C(F)(F)F)cc1Cl. The lowest BCUT2D eigenvalue weighted by molar-refractivity contribution is -0.138. The Morgan fingerprint density at radius 3 is 2.42 bits per heavy atom. The number of halogens is 4. The van der Waals surface area contributed by atoms with Crippen molar-refractivity contribution in [2.24, 2.45) is 0 Å². The van der Waals surface area contributed by atoms with Crippen molar-refractivity contribution in [3.63, 3.8) is 0 Å². The van der Waals surface area contributed by atoms with Gasteiger partial charge in [0.1, 0.15) is 5.75 Å². The van der Waals surface area contributed by atoms with Gasteiger partial charge in [0.15, 0.2) is 11.9 Å². The summed E-state index contributed by atoms with van der Waals surface area (Å²) in [5.74, 6) is -0.229. The molecular formula is C16H13ClF3NO3. The van der Waals surface area contributed by atoms with Gasteiger partial charge >= 0.3 is 6.18 Å². The first-order valence-corrected chi connectivity index (χ1v) is 7.20. The third-order valence-corrected chi connectivity index (χ3v) is 3.24. The summed E-state index contributed by atoms with van der Waals surface area (Å²) in [6, 6.07) is 11.2.